The average Bonchev–Trinajstić information content (AvgIpc) is 2.03. The topological polar surface area (TPSA) is 97.7 Å². The quantitative estimate of drug-likeness (QED) is 0.411. The van der Waals surface area contributed by atoms with Crippen LogP contribution in [0.2, 0.25) is 0 Å². The Kier molecular flexibility index (Phi) is 9.30. The minimum atomic E-state index is -1.55. The molecule has 6 nitrogen and oxygen atoms in total. The first-order chi connectivity index (χ1) is 6.81. The number of carboxylic acids is 1. The first-order valence-electron chi connectivity index (χ1n) is 4.20. The van der Waals surface area contributed by atoms with Gasteiger partial charge in [0.05, 0.1) is 13.0 Å². The summed E-state index contributed by atoms with van der Waals surface area (Å²) in [5, 5.41) is 7.93. The van der Waals surface area contributed by atoms with Crippen molar-refractivity contribution >= 4 is 23.5 Å². The zero-order valence-corrected chi connectivity index (χ0v) is 8.90. The molecule has 0 fully saturated rings. The fourth-order valence-corrected chi connectivity index (χ4v) is 0.505. The number of carbonyl (C=O) groups excluding carboxylic acids is 3. The van der Waals surface area contributed by atoms with Crippen LogP contribution in [0.25, 0.3) is 0 Å². The van der Waals surface area contributed by atoms with Crippen molar-refractivity contribution in [3.8, 4) is 0 Å². The Morgan fingerprint density at radius 1 is 1.13 bits per heavy atom. The van der Waals surface area contributed by atoms with Gasteiger partial charge in [0.25, 0.3) is 0 Å². The van der Waals surface area contributed by atoms with Gasteiger partial charge < -0.3 is 9.84 Å². The Morgan fingerprint density at radius 3 is 1.67 bits per heavy atom. The summed E-state index contributed by atoms with van der Waals surface area (Å²) in [6, 6.07) is 0. The third kappa shape index (κ3) is 15.1. The lowest BCUT2D eigenvalue weighted by molar-refractivity contribution is -0.150. The van der Waals surface area contributed by atoms with E-state index in [0.29, 0.717) is 6.61 Å². The maximum atomic E-state index is 10.1. The van der Waals surface area contributed by atoms with Gasteiger partial charge in [-0.1, -0.05) is 0 Å². The fourth-order valence-electron chi connectivity index (χ4n) is 0.505. The lowest BCUT2D eigenvalue weighted by Gasteiger charge is -1.89. The molecule has 0 amide bonds. The second-order valence-corrected chi connectivity index (χ2v) is 2.53. The van der Waals surface area contributed by atoms with Crippen LogP contribution < -0.4 is 0 Å². The number of hydrogen-bond acceptors (Lipinski definition) is 5. The Balaban J connectivity index is 0. The fraction of sp³-hybridized carbons (Fsp3) is 0.556. The highest BCUT2D eigenvalue weighted by Gasteiger charge is 2.12. The van der Waals surface area contributed by atoms with Crippen LogP contribution in [0.4, 0.5) is 0 Å². The highest BCUT2D eigenvalue weighted by Crippen LogP contribution is 1.83. The molecule has 86 valence electrons. The van der Waals surface area contributed by atoms with Gasteiger partial charge in [0.1, 0.15) is 5.78 Å². The van der Waals surface area contributed by atoms with Crippen molar-refractivity contribution in [2.24, 2.45) is 0 Å². The second kappa shape index (κ2) is 8.86. The first kappa shape index (κ1) is 15.7. The van der Waals surface area contributed by atoms with E-state index in [9.17, 15) is 19.2 Å². The molecule has 0 saturated carbocycles. The summed E-state index contributed by atoms with van der Waals surface area (Å²) >= 11 is 0. The SMILES string of the molecule is CC(=O)CC(=O)C(=O)O.CCOC(C)=O. The highest BCUT2D eigenvalue weighted by atomic mass is 16.5. The summed E-state index contributed by atoms with van der Waals surface area (Å²) in [7, 11) is 0. The summed E-state index contributed by atoms with van der Waals surface area (Å²) in [6.45, 7) is 4.82. The van der Waals surface area contributed by atoms with Gasteiger partial charge in [0.2, 0.25) is 5.78 Å². The molecule has 0 rings (SSSR count). The number of carbonyl (C=O) groups is 4. The standard InChI is InChI=1S/C5H6O4.C4H8O2/c1-3(6)2-4(7)5(8)9;1-3-6-4(2)5/h2H2,1H3,(H,8,9);3H2,1-2H3. The molecule has 0 aromatic heterocycles. The van der Waals surface area contributed by atoms with Crippen LogP contribution in [-0.4, -0.2) is 35.2 Å². The van der Waals surface area contributed by atoms with E-state index in [1.165, 1.54) is 13.8 Å². The second-order valence-electron chi connectivity index (χ2n) is 2.53. The van der Waals surface area contributed by atoms with E-state index in [2.05, 4.69) is 4.74 Å². The Bertz CT molecular complexity index is 255. The molecule has 0 radical (unpaired) electrons. The van der Waals surface area contributed by atoms with Crippen molar-refractivity contribution in [1.82, 2.24) is 0 Å². The maximum absolute atomic E-state index is 10.1. The number of carboxylic acid groups (broad SMARTS) is 1. The van der Waals surface area contributed by atoms with Crippen LogP contribution in [-0.2, 0) is 23.9 Å². The smallest absolute Gasteiger partial charge is 0.372 e. The number of ketones is 2. The predicted molar refractivity (Wildman–Crippen MR) is 50.2 cm³/mol. The van der Waals surface area contributed by atoms with Gasteiger partial charge in [-0.25, -0.2) is 4.79 Å². The van der Waals surface area contributed by atoms with Gasteiger partial charge in [0.15, 0.2) is 0 Å². The summed E-state index contributed by atoms with van der Waals surface area (Å²) in [5.74, 6) is -3.24. The lowest BCUT2D eigenvalue weighted by atomic mass is 10.2. The molecule has 0 aliphatic carbocycles. The molecule has 0 atom stereocenters. The number of Topliss-reactive ketones (excluding diaryl/α,β-unsaturated/α-hetero) is 2. The van der Waals surface area contributed by atoms with E-state index < -0.39 is 24.0 Å². The first-order valence-corrected chi connectivity index (χ1v) is 4.20. The molecule has 0 aliphatic heterocycles. The number of rotatable bonds is 4. The lowest BCUT2D eigenvalue weighted by Crippen LogP contribution is -2.15. The van der Waals surface area contributed by atoms with Crippen LogP contribution >= 0.6 is 0 Å². The molecule has 1 N–H and O–H groups in total. The average molecular weight is 218 g/mol. The van der Waals surface area contributed by atoms with Gasteiger partial charge in [-0.15, -0.1) is 0 Å². The van der Waals surface area contributed by atoms with Crippen LogP contribution in [0.3, 0.4) is 0 Å². The Morgan fingerprint density at radius 2 is 1.60 bits per heavy atom. The molecule has 0 heterocycles. The molecule has 0 aliphatic rings. The molecule has 6 heteroatoms. The molecular formula is C9H14O6. The zero-order valence-electron chi connectivity index (χ0n) is 8.90. The Hall–Kier alpha value is -1.72. The monoisotopic (exact) mass is 218 g/mol. The number of ether oxygens (including phenoxy) is 1. The van der Waals surface area contributed by atoms with Crippen molar-refractivity contribution in [1.29, 1.82) is 0 Å². The van der Waals surface area contributed by atoms with Gasteiger partial charge in [-0.05, 0) is 13.8 Å². The predicted octanol–water partition coefficient (Wildman–Crippen LogP) is 0.189. The molecule has 0 saturated heterocycles. The third-order valence-electron chi connectivity index (χ3n) is 0.996. The maximum Gasteiger partial charge on any atom is 0.372 e. The molecule has 0 bridgehead atoms. The zero-order chi connectivity index (χ0) is 12.4. The van der Waals surface area contributed by atoms with Crippen molar-refractivity contribution in [3.05, 3.63) is 0 Å². The molecular weight excluding hydrogens is 204 g/mol. The molecule has 15 heavy (non-hydrogen) atoms. The molecule has 0 spiro atoms. The van der Waals surface area contributed by atoms with Gasteiger partial charge in [0, 0.05) is 6.92 Å². The third-order valence-corrected chi connectivity index (χ3v) is 0.996. The molecule has 0 aromatic carbocycles. The number of aliphatic carboxylic acids is 1. The summed E-state index contributed by atoms with van der Waals surface area (Å²) in [6.07, 6.45) is -0.505. The summed E-state index contributed by atoms with van der Waals surface area (Å²) in [5.41, 5.74) is 0. The van der Waals surface area contributed by atoms with Gasteiger partial charge in [-0.3, -0.25) is 14.4 Å². The minimum Gasteiger partial charge on any atom is -0.475 e. The van der Waals surface area contributed by atoms with Crippen molar-refractivity contribution < 1.29 is 29.0 Å². The van der Waals surface area contributed by atoms with Crippen LogP contribution in [0.5, 0.6) is 0 Å². The van der Waals surface area contributed by atoms with Crippen LogP contribution in [0.1, 0.15) is 27.2 Å². The van der Waals surface area contributed by atoms with E-state index >= 15 is 0 Å². The number of hydrogen-bond donors (Lipinski definition) is 1. The van der Waals surface area contributed by atoms with E-state index in [-0.39, 0.29) is 5.97 Å². The number of esters is 1. The van der Waals surface area contributed by atoms with Crippen molar-refractivity contribution in [2.75, 3.05) is 6.61 Å². The highest BCUT2D eigenvalue weighted by molar-refractivity contribution is 6.36. The van der Waals surface area contributed by atoms with Crippen molar-refractivity contribution in [3.63, 3.8) is 0 Å². The Labute approximate surface area is 87.2 Å². The molecule has 0 aromatic rings. The van der Waals surface area contributed by atoms with E-state index in [1.807, 2.05) is 0 Å². The summed E-state index contributed by atoms with van der Waals surface area (Å²) < 4.78 is 4.40. The van der Waals surface area contributed by atoms with Gasteiger partial charge in [-0.2, -0.15) is 0 Å². The van der Waals surface area contributed by atoms with Crippen LogP contribution in [0.15, 0.2) is 0 Å². The minimum absolute atomic E-state index is 0.211. The largest absolute Gasteiger partial charge is 0.475 e. The van der Waals surface area contributed by atoms with Crippen molar-refractivity contribution in [2.45, 2.75) is 27.2 Å². The summed E-state index contributed by atoms with van der Waals surface area (Å²) in [4.78, 5) is 39.8. The van der Waals surface area contributed by atoms with E-state index in [1.54, 1.807) is 6.92 Å². The van der Waals surface area contributed by atoms with E-state index in [4.69, 9.17) is 5.11 Å². The van der Waals surface area contributed by atoms with E-state index in [0.717, 1.165) is 0 Å². The normalized spacial score (nSPS) is 8.20. The van der Waals surface area contributed by atoms with Gasteiger partial charge >= 0.3 is 11.9 Å². The molecule has 0 unspecified atom stereocenters. The van der Waals surface area contributed by atoms with Crippen LogP contribution in [0, 0.1) is 0 Å².